The number of nitrogens with zero attached hydrogens (tertiary/aromatic N) is 5. The summed E-state index contributed by atoms with van der Waals surface area (Å²) in [5.41, 5.74) is 3.53. The summed E-state index contributed by atoms with van der Waals surface area (Å²) >= 11 is 0. The van der Waals surface area contributed by atoms with E-state index in [9.17, 15) is 4.79 Å². The zero-order valence-corrected chi connectivity index (χ0v) is 18.2. The molecule has 8 nitrogen and oxygen atoms in total. The second kappa shape index (κ2) is 8.55. The molecular formula is C24H25N5O3. The Bertz CT molecular complexity index is 1220. The number of hydrogen-bond donors (Lipinski definition) is 0. The first-order valence-corrected chi connectivity index (χ1v) is 10.8. The van der Waals surface area contributed by atoms with Crippen molar-refractivity contribution in [1.29, 1.82) is 0 Å². The van der Waals surface area contributed by atoms with Crippen LogP contribution in [0.5, 0.6) is 0 Å². The third-order valence-electron chi connectivity index (χ3n) is 6.09. The van der Waals surface area contributed by atoms with Crippen molar-refractivity contribution in [3.8, 4) is 11.4 Å². The Hall–Kier alpha value is -3.52. The molecule has 0 spiro atoms. The van der Waals surface area contributed by atoms with E-state index in [1.165, 1.54) is 5.56 Å². The van der Waals surface area contributed by atoms with Crippen LogP contribution in [0.2, 0.25) is 0 Å². The Morgan fingerprint density at radius 2 is 1.75 bits per heavy atom. The van der Waals surface area contributed by atoms with E-state index in [1.807, 2.05) is 60.4 Å². The molecule has 32 heavy (non-hydrogen) atoms. The quantitative estimate of drug-likeness (QED) is 0.477. The summed E-state index contributed by atoms with van der Waals surface area (Å²) in [6.07, 6.45) is 0.246. The summed E-state index contributed by atoms with van der Waals surface area (Å²) in [6, 6.07) is 15.7. The van der Waals surface area contributed by atoms with E-state index in [1.54, 1.807) is 0 Å². The Balaban J connectivity index is 1.19. The van der Waals surface area contributed by atoms with Crippen LogP contribution in [0.25, 0.3) is 22.4 Å². The van der Waals surface area contributed by atoms with Gasteiger partial charge in [0.15, 0.2) is 5.58 Å². The van der Waals surface area contributed by atoms with E-state index in [0.717, 1.165) is 24.0 Å². The Morgan fingerprint density at radius 1 is 1.00 bits per heavy atom. The molecular weight excluding hydrogens is 406 g/mol. The maximum absolute atomic E-state index is 12.8. The highest BCUT2D eigenvalue weighted by Gasteiger charge is 2.28. The van der Waals surface area contributed by atoms with Crippen LogP contribution in [0.15, 0.2) is 57.6 Å². The second-order valence-electron chi connectivity index (χ2n) is 8.22. The summed E-state index contributed by atoms with van der Waals surface area (Å²) in [5, 5.41) is 9.13. The molecule has 0 radical (unpaired) electrons. The van der Waals surface area contributed by atoms with Crippen LogP contribution in [0.3, 0.4) is 0 Å². The van der Waals surface area contributed by atoms with Crippen LogP contribution >= 0.6 is 0 Å². The van der Waals surface area contributed by atoms with Gasteiger partial charge in [0.05, 0.1) is 12.5 Å². The third kappa shape index (κ3) is 4.01. The lowest BCUT2D eigenvalue weighted by molar-refractivity contribution is -0.132. The average molecular weight is 431 g/mol. The van der Waals surface area contributed by atoms with Gasteiger partial charge in [0.25, 0.3) is 0 Å². The molecule has 1 atom stereocenters. The van der Waals surface area contributed by atoms with Gasteiger partial charge in [-0.25, -0.2) is 0 Å². The van der Waals surface area contributed by atoms with Crippen molar-refractivity contribution in [1.82, 2.24) is 25.1 Å². The number of hydrogen-bond acceptors (Lipinski definition) is 7. The van der Waals surface area contributed by atoms with E-state index in [2.05, 4.69) is 27.1 Å². The molecule has 164 valence electrons. The number of aryl methyl sites for hydroxylation is 1. The number of aromatic nitrogens is 3. The molecule has 1 amide bonds. The van der Waals surface area contributed by atoms with Crippen LogP contribution < -0.4 is 0 Å². The highest BCUT2D eigenvalue weighted by atomic mass is 16.5. The third-order valence-corrected chi connectivity index (χ3v) is 6.09. The molecule has 0 bridgehead atoms. The molecule has 0 N–H and O–H groups in total. The SMILES string of the molecule is Cc1ccc(-c2noc(C(C)N3CCN(C(=O)Cc4noc5ccccc45)CC3)n2)cc1. The monoisotopic (exact) mass is 431 g/mol. The number of para-hydroxylation sites is 1. The summed E-state index contributed by atoms with van der Waals surface area (Å²) in [4.78, 5) is 21.6. The van der Waals surface area contributed by atoms with Crippen molar-refractivity contribution in [3.05, 3.63) is 65.7 Å². The largest absolute Gasteiger partial charge is 0.356 e. The molecule has 1 saturated heterocycles. The van der Waals surface area contributed by atoms with E-state index in [4.69, 9.17) is 9.05 Å². The van der Waals surface area contributed by atoms with E-state index in [0.29, 0.717) is 36.1 Å². The minimum atomic E-state index is -0.0153. The number of fused-ring (bicyclic) bond motifs is 1. The summed E-state index contributed by atoms with van der Waals surface area (Å²) in [5.74, 6) is 1.26. The van der Waals surface area contributed by atoms with Crippen LogP contribution in [-0.4, -0.2) is 57.2 Å². The van der Waals surface area contributed by atoms with Gasteiger partial charge in [-0.1, -0.05) is 52.3 Å². The lowest BCUT2D eigenvalue weighted by Crippen LogP contribution is -2.49. The fourth-order valence-electron chi connectivity index (χ4n) is 4.06. The predicted molar refractivity (Wildman–Crippen MR) is 119 cm³/mol. The number of benzene rings is 2. The minimum absolute atomic E-state index is 0.0153. The molecule has 1 aliphatic heterocycles. The van der Waals surface area contributed by atoms with Crippen molar-refractivity contribution in [2.45, 2.75) is 26.3 Å². The van der Waals surface area contributed by atoms with Gasteiger partial charge in [-0.15, -0.1) is 0 Å². The Labute approximate surface area is 185 Å². The van der Waals surface area contributed by atoms with Crippen LogP contribution in [0, 0.1) is 6.92 Å². The van der Waals surface area contributed by atoms with Gasteiger partial charge in [-0.3, -0.25) is 9.69 Å². The molecule has 2 aromatic carbocycles. The molecule has 0 aliphatic carbocycles. The molecule has 1 unspecified atom stereocenters. The highest BCUT2D eigenvalue weighted by Crippen LogP contribution is 2.24. The van der Waals surface area contributed by atoms with Crippen LogP contribution in [0.4, 0.5) is 0 Å². The lowest BCUT2D eigenvalue weighted by Gasteiger charge is -2.36. The first kappa shape index (κ1) is 20.4. The van der Waals surface area contributed by atoms with E-state index in [-0.39, 0.29) is 18.4 Å². The summed E-state index contributed by atoms with van der Waals surface area (Å²) in [7, 11) is 0. The fraction of sp³-hybridized carbons (Fsp3) is 0.333. The van der Waals surface area contributed by atoms with Gasteiger partial charge in [0, 0.05) is 37.1 Å². The number of rotatable bonds is 5. The van der Waals surface area contributed by atoms with Gasteiger partial charge in [0.1, 0.15) is 5.69 Å². The van der Waals surface area contributed by atoms with Crippen molar-refractivity contribution < 1.29 is 13.8 Å². The molecule has 8 heteroatoms. The zero-order chi connectivity index (χ0) is 22.1. The van der Waals surface area contributed by atoms with Gasteiger partial charge in [-0.2, -0.15) is 4.98 Å². The van der Waals surface area contributed by atoms with E-state index >= 15 is 0 Å². The topological polar surface area (TPSA) is 88.5 Å². The number of carbonyl (C=O) groups is 1. The van der Waals surface area contributed by atoms with Gasteiger partial charge in [-0.05, 0) is 26.0 Å². The summed E-state index contributed by atoms with van der Waals surface area (Å²) < 4.78 is 10.9. The number of carbonyl (C=O) groups excluding carboxylic acids is 1. The molecule has 1 aliphatic rings. The highest BCUT2D eigenvalue weighted by molar-refractivity contribution is 5.86. The first-order valence-electron chi connectivity index (χ1n) is 10.8. The molecule has 2 aromatic heterocycles. The standard InChI is InChI=1S/C24H25N5O3/c1-16-7-9-18(10-8-16)23-25-24(32-27-23)17(2)28-11-13-29(14-12-28)22(30)15-20-19-5-3-4-6-21(19)31-26-20/h3-10,17H,11-15H2,1-2H3. The Morgan fingerprint density at radius 3 is 2.53 bits per heavy atom. The molecule has 5 rings (SSSR count). The number of piperazine rings is 1. The van der Waals surface area contributed by atoms with Crippen molar-refractivity contribution in [3.63, 3.8) is 0 Å². The van der Waals surface area contributed by atoms with Crippen molar-refractivity contribution in [2.75, 3.05) is 26.2 Å². The zero-order valence-electron chi connectivity index (χ0n) is 18.2. The van der Waals surface area contributed by atoms with Crippen LogP contribution in [0.1, 0.15) is 30.1 Å². The van der Waals surface area contributed by atoms with Gasteiger partial charge in [0.2, 0.25) is 17.6 Å². The fourth-order valence-corrected chi connectivity index (χ4v) is 4.06. The average Bonchev–Trinajstić information content (AvgIpc) is 3.47. The second-order valence-corrected chi connectivity index (χ2v) is 8.22. The smallest absolute Gasteiger partial charge is 0.244 e. The van der Waals surface area contributed by atoms with Crippen LogP contribution in [-0.2, 0) is 11.2 Å². The van der Waals surface area contributed by atoms with Crippen molar-refractivity contribution >= 4 is 16.9 Å². The Kier molecular flexibility index (Phi) is 5.45. The lowest BCUT2D eigenvalue weighted by atomic mass is 10.1. The maximum Gasteiger partial charge on any atom is 0.244 e. The maximum atomic E-state index is 12.8. The van der Waals surface area contributed by atoms with E-state index < -0.39 is 0 Å². The van der Waals surface area contributed by atoms with Gasteiger partial charge < -0.3 is 13.9 Å². The number of amides is 1. The molecule has 0 saturated carbocycles. The van der Waals surface area contributed by atoms with Gasteiger partial charge >= 0.3 is 0 Å². The predicted octanol–water partition coefficient (Wildman–Crippen LogP) is 3.63. The molecule has 4 aromatic rings. The van der Waals surface area contributed by atoms with Crippen molar-refractivity contribution in [2.24, 2.45) is 0 Å². The normalized spacial score (nSPS) is 15.9. The minimum Gasteiger partial charge on any atom is -0.356 e. The summed E-state index contributed by atoms with van der Waals surface area (Å²) in [6.45, 7) is 6.90. The molecule has 3 heterocycles. The first-order chi connectivity index (χ1) is 15.6. The molecule has 1 fully saturated rings.